The minimum Gasteiger partial charge on any atom is -0.355 e. The average Bonchev–Trinajstić information content (AvgIpc) is 2.96. The summed E-state index contributed by atoms with van der Waals surface area (Å²) in [5, 5.41) is 4.55. The molecule has 3 aromatic rings. The molecule has 8 nitrogen and oxygen atoms in total. The van der Waals surface area contributed by atoms with Crippen LogP contribution in [0.2, 0.25) is 10.0 Å². The lowest BCUT2D eigenvalue weighted by atomic mass is 10.1. The van der Waals surface area contributed by atoms with Gasteiger partial charge in [-0.3, -0.25) is 0 Å². The van der Waals surface area contributed by atoms with Gasteiger partial charge in [-0.05, 0) is 67.3 Å². The normalized spacial score (nSPS) is 11.7. The van der Waals surface area contributed by atoms with Gasteiger partial charge in [0.25, 0.3) is 0 Å². The quantitative estimate of drug-likeness (QED) is 0.212. The Bertz CT molecular complexity index is 1350. The first-order valence-electron chi connectivity index (χ1n) is 13.3. The fourth-order valence-corrected chi connectivity index (χ4v) is 5.87. The molecule has 0 atom stereocenters. The number of ether oxygens (including phenoxy) is 4. The second kappa shape index (κ2) is 17.9. The summed E-state index contributed by atoms with van der Waals surface area (Å²) in [6, 6.07) is 18.3. The first kappa shape index (κ1) is 36.1. The maximum Gasteiger partial charge on any atom is 0.243 e. The van der Waals surface area contributed by atoms with Gasteiger partial charge in [-0.25, -0.2) is 8.42 Å². The van der Waals surface area contributed by atoms with E-state index in [4.69, 9.17) is 42.1 Å². The minimum absolute atomic E-state index is 0.0490. The first-order chi connectivity index (χ1) is 19.9. The van der Waals surface area contributed by atoms with Gasteiger partial charge in [0.05, 0.1) is 11.4 Å². The van der Waals surface area contributed by atoms with Crippen molar-refractivity contribution >= 4 is 33.2 Å². The van der Waals surface area contributed by atoms with Gasteiger partial charge in [-0.15, -0.1) is 0 Å². The summed E-state index contributed by atoms with van der Waals surface area (Å²) in [4.78, 5) is 0.220. The Morgan fingerprint density at radius 1 is 0.714 bits per heavy atom. The molecular formula is C31H42Cl2N2O6S. The van der Waals surface area contributed by atoms with E-state index in [1.165, 1.54) is 24.1 Å². The van der Waals surface area contributed by atoms with Gasteiger partial charge < -0.3 is 24.3 Å². The third-order valence-corrected chi connectivity index (χ3v) is 8.98. The molecule has 0 fully saturated rings. The van der Waals surface area contributed by atoms with E-state index in [-0.39, 0.29) is 24.3 Å². The monoisotopic (exact) mass is 640 g/mol. The molecule has 0 aromatic heterocycles. The van der Waals surface area contributed by atoms with Crippen molar-refractivity contribution in [3.8, 4) is 0 Å². The molecule has 0 amide bonds. The zero-order valence-corrected chi connectivity index (χ0v) is 27.6. The Hall–Kier alpha value is -2.05. The maximum absolute atomic E-state index is 13.2. The van der Waals surface area contributed by atoms with Gasteiger partial charge in [0, 0.05) is 58.1 Å². The molecule has 0 saturated heterocycles. The van der Waals surface area contributed by atoms with Crippen LogP contribution in [0.4, 0.5) is 0 Å². The van der Waals surface area contributed by atoms with Crippen LogP contribution in [-0.4, -0.2) is 66.8 Å². The largest absolute Gasteiger partial charge is 0.355 e. The lowest BCUT2D eigenvalue weighted by Gasteiger charge is -2.26. The summed E-state index contributed by atoms with van der Waals surface area (Å²) in [6.07, 6.45) is -0.899. The van der Waals surface area contributed by atoms with Gasteiger partial charge in [0.2, 0.25) is 10.0 Å². The van der Waals surface area contributed by atoms with Crippen molar-refractivity contribution in [2.45, 2.75) is 51.3 Å². The van der Waals surface area contributed by atoms with Gasteiger partial charge in [-0.1, -0.05) is 65.2 Å². The second-order valence-corrected chi connectivity index (χ2v) is 12.5. The molecule has 0 heterocycles. The van der Waals surface area contributed by atoms with Crippen LogP contribution in [-0.2, 0) is 42.1 Å². The van der Waals surface area contributed by atoms with E-state index in [1.54, 1.807) is 38.5 Å². The molecule has 0 spiro atoms. The lowest BCUT2D eigenvalue weighted by Crippen LogP contribution is -2.38. The van der Waals surface area contributed by atoms with E-state index in [9.17, 15) is 8.42 Å². The average molecular weight is 642 g/mol. The summed E-state index contributed by atoms with van der Waals surface area (Å²) >= 11 is 12.4. The van der Waals surface area contributed by atoms with Crippen LogP contribution in [0.15, 0.2) is 65.6 Å². The van der Waals surface area contributed by atoms with E-state index in [2.05, 4.69) is 5.32 Å². The number of nitrogens with one attached hydrogen (secondary N) is 1. The highest BCUT2D eigenvalue weighted by Gasteiger charge is 2.28. The molecule has 0 aliphatic heterocycles. The molecule has 1 N–H and O–H groups in total. The molecule has 0 saturated carbocycles. The van der Waals surface area contributed by atoms with Gasteiger partial charge >= 0.3 is 0 Å². The van der Waals surface area contributed by atoms with Crippen LogP contribution in [0.25, 0.3) is 0 Å². The smallest absolute Gasteiger partial charge is 0.243 e. The van der Waals surface area contributed by atoms with Crippen molar-refractivity contribution in [1.29, 1.82) is 0 Å². The number of hydrogen-bond donors (Lipinski definition) is 1. The van der Waals surface area contributed by atoms with Crippen molar-refractivity contribution in [3.63, 3.8) is 0 Å². The molecule has 3 rings (SSSR count). The third-order valence-electron chi connectivity index (χ3n) is 6.45. The van der Waals surface area contributed by atoms with Gasteiger partial charge in [0.1, 0.15) is 0 Å². The molecule has 232 valence electrons. The van der Waals surface area contributed by atoms with E-state index < -0.39 is 16.3 Å². The summed E-state index contributed by atoms with van der Waals surface area (Å²) in [6.45, 7) is 7.38. The number of rotatable bonds is 14. The number of hydrogen-bond acceptors (Lipinski definition) is 7. The van der Waals surface area contributed by atoms with Crippen molar-refractivity contribution < 1.29 is 27.4 Å². The highest BCUT2D eigenvalue weighted by molar-refractivity contribution is 7.89. The number of nitrogens with zero attached hydrogens (tertiary/aromatic N) is 1. The van der Waals surface area contributed by atoms with Crippen LogP contribution in [0, 0.1) is 20.8 Å². The summed E-state index contributed by atoms with van der Waals surface area (Å²) in [5.74, 6) is 0. The standard InChI is InChI=1S/C19H24ClNO4S.C12H18ClNO2/c1-14-6-9-17(10-7-14)26(22,23)21(13-19(24-3)25-4)12-16-8-5-15(2)11-18(16)20;1-9-4-5-10(11(13)6-9)7-14-8-12(15-2)16-3/h5-11,19H,12-13H2,1-4H3;4-6,12,14H,7-8H2,1-3H3. The Balaban J connectivity index is 0.000000330. The highest BCUT2D eigenvalue weighted by Crippen LogP contribution is 2.24. The fourth-order valence-electron chi connectivity index (χ4n) is 3.87. The lowest BCUT2D eigenvalue weighted by molar-refractivity contribution is -0.108. The Morgan fingerprint density at radius 2 is 1.19 bits per heavy atom. The third kappa shape index (κ3) is 11.2. The predicted molar refractivity (Wildman–Crippen MR) is 168 cm³/mol. The van der Waals surface area contributed by atoms with Crippen molar-refractivity contribution in [3.05, 3.63) is 98.5 Å². The molecule has 42 heavy (non-hydrogen) atoms. The topological polar surface area (TPSA) is 86.3 Å². The Morgan fingerprint density at radius 3 is 1.67 bits per heavy atom. The molecule has 0 aliphatic rings. The second-order valence-electron chi connectivity index (χ2n) is 9.73. The molecule has 0 unspecified atom stereocenters. The molecule has 11 heteroatoms. The van der Waals surface area contributed by atoms with E-state index >= 15 is 0 Å². The van der Waals surface area contributed by atoms with Crippen LogP contribution < -0.4 is 5.32 Å². The maximum atomic E-state index is 13.2. The van der Waals surface area contributed by atoms with Gasteiger partial charge in [-0.2, -0.15) is 4.31 Å². The number of methoxy groups -OCH3 is 4. The van der Waals surface area contributed by atoms with Crippen LogP contribution in [0.1, 0.15) is 27.8 Å². The zero-order valence-electron chi connectivity index (χ0n) is 25.3. The van der Waals surface area contributed by atoms with E-state index in [1.807, 2.05) is 57.2 Å². The Labute approximate surface area is 260 Å². The summed E-state index contributed by atoms with van der Waals surface area (Å²) < 4.78 is 48.2. The van der Waals surface area contributed by atoms with Gasteiger partial charge in [0.15, 0.2) is 12.6 Å². The van der Waals surface area contributed by atoms with Crippen LogP contribution >= 0.6 is 23.2 Å². The summed E-state index contributed by atoms with van der Waals surface area (Å²) in [7, 11) is 2.45. The number of benzene rings is 3. The van der Waals surface area contributed by atoms with Crippen molar-refractivity contribution in [1.82, 2.24) is 9.62 Å². The molecule has 0 bridgehead atoms. The van der Waals surface area contributed by atoms with Crippen molar-refractivity contribution in [2.75, 3.05) is 41.5 Å². The molecule has 0 radical (unpaired) electrons. The van der Waals surface area contributed by atoms with E-state index in [0.717, 1.165) is 27.3 Å². The number of sulfonamides is 1. The zero-order chi connectivity index (χ0) is 31.3. The van der Waals surface area contributed by atoms with Crippen LogP contribution in [0.5, 0.6) is 0 Å². The summed E-state index contributed by atoms with van der Waals surface area (Å²) in [5.41, 5.74) is 4.97. The molecular weight excluding hydrogens is 599 g/mol. The Kier molecular flexibility index (Phi) is 15.4. The van der Waals surface area contributed by atoms with Crippen molar-refractivity contribution in [2.24, 2.45) is 0 Å². The highest BCUT2D eigenvalue weighted by atomic mass is 35.5. The SMILES string of the molecule is COC(CN(Cc1ccc(C)cc1Cl)S(=O)(=O)c1ccc(C)cc1)OC.COC(CNCc1ccc(C)cc1Cl)OC. The number of halogens is 2. The molecule has 0 aliphatic carbocycles. The van der Waals surface area contributed by atoms with Crippen LogP contribution in [0.3, 0.4) is 0 Å². The number of aryl methyl sites for hydroxylation is 3. The van der Waals surface area contributed by atoms with E-state index in [0.29, 0.717) is 18.1 Å². The first-order valence-corrected chi connectivity index (χ1v) is 15.5. The fraction of sp³-hybridized carbons (Fsp3) is 0.419. The molecule has 3 aromatic carbocycles. The minimum atomic E-state index is -3.74. The predicted octanol–water partition coefficient (Wildman–Crippen LogP) is 6.12.